The fourth-order valence-electron chi connectivity index (χ4n) is 2.00. The van der Waals surface area contributed by atoms with Crippen molar-refractivity contribution in [3.63, 3.8) is 0 Å². The number of hydrogen-bond acceptors (Lipinski definition) is 4. The zero-order valence-electron chi connectivity index (χ0n) is 12.1. The number of carboxylic acid groups (broad SMARTS) is 1. The summed E-state index contributed by atoms with van der Waals surface area (Å²) < 4.78 is 5.60. The van der Waals surface area contributed by atoms with E-state index in [0.717, 1.165) is 0 Å². The van der Waals surface area contributed by atoms with Crippen LogP contribution in [0.1, 0.15) is 24.2 Å². The van der Waals surface area contributed by atoms with E-state index in [2.05, 4.69) is 0 Å². The van der Waals surface area contributed by atoms with Gasteiger partial charge in [-0.15, -0.1) is 11.8 Å². The minimum Gasteiger partial charge on any atom is -0.493 e. The van der Waals surface area contributed by atoms with Gasteiger partial charge in [-0.1, -0.05) is 19.9 Å². The monoisotopic (exact) mass is 309 g/mol. The molecule has 1 unspecified atom stereocenters. The minimum atomic E-state index is -0.958. The van der Waals surface area contributed by atoms with Gasteiger partial charge in [-0.2, -0.15) is 0 Å². The Hall–Kier alpha value is -1.69. The molecular formula is C15H19NO4S. The molecule has 0 bridgehead atoms. The summed E-state index contributed by atoms with van der Waals surface area (Å²) >= 11 is 1.45. The predicted octanol–water partition coefficient (Wildman–Crippen LogP) is 2.32. The number of hydrogen-bond donors (Lipinski definition) is 1. The molecular weight excluding hydrogens is 290 g/mol. The normalized spacial score (nSPS) is 18.0. The Bertz CT molecular complexity index is 532. The Labute approximate surface area is 128 Å². The molecule has 0 radical (unpaired) electrons. The highest BCUT2D eigenvalue weighted by molar-refractivity contribution is 7.99. The molecule has 1 saturated heterocycles. The van der Waals surface area contributed by atoms with Gasteiger partial charge in [-0.3, -0.25) is 4.79 Å². The first-order valence-electron chi connectivity index (χ1n) is 6.83. The smallest absolute Gasteiger partial charge is 0.327 e. The topological polar surface area (TPSA) is 66.8 Å². The lowest BCUT2D eigenvalue weighted by Gasteiger charge is -2.20. The molecule has 1 N–H and O–H groups in total. The first kappa shape index (κ1) is 15.7. The number of aliphatic carboxylic acids is 1. The molecule has 6 heteroatoms. The highest BCUT2D eigenvalue weighted by atomic mass is 32.2. The van der Waals surface area contributed by atoms with Crippen molar-refractivity contribution in [1.29, 1.82) is 0 Å². The van der Waals surface area contributed by atoms with Crippen LogP contribution in [0.3, 0.4) is 0 Å². The molecule has 0 aliphatic carbocycles. The predicted molar refractivity (Wildman–Crippen MR) is 81.7 cm³/mol. The third-order valence-corrected chi connectivity index (χ3v) is 4.10. The standard InChI is InChI=1S/C15H19NO4S/c1-10(2)7-20-12-5-3-4-11(6-12)14(17)16-9-21-8-13(16)15(18)19/h3-6,10,13H,7-9H2,1-2H3,(H,18,19). The van der Waals surface area contributed by atoms with Crippen molar-refractivity contribution in [3.8, 4) is 5.75 Å². The van der Waals surface area contributed by atoms with Crippen LogP contribution in [0.2, 0.25) is 0 Å². The van der Waals surface area contributed by atoms with Gasteiger partial charge in [0.1, 0.15) is 11.8 Å². The molecule has 1 aliphatic rings. The van der Waals surface area contributed by atoms with Crippen LogP contribution in [0.4, 0.5) is 0 Å². The van der Waals surface area contributed by atoms with Gasteiger partial charge in [0.2, 0.25) is 0 Å². The maximum atomic E-state index is 12.4. The lowest BCUT2D eigenvalue weighted by Crippen LogP contribution is -2.41. The van der Waals surface area contributed by atoms with E-state index in [1.165, 1.54) is 16.7 Å². The molecule has 1 aliphatic heterocycles. The number of carboxylic acids is 1. The Morgan fingerprint density at radius 2 is 2.24 bits per heavy atom. The van der Waals surface area contributed by atoms with Crippen LogP contribution in [0.5, 0.6) is 5.75 Å². The van der Waals surface area contributed by atoms with Gasteiger partial charge < -0.3 is 14.7 Å². The SMILES string of the molecule is CC(C)COc1cccc(C(=O)N2CSCC2C(=O)O)c1. The van der Waals surface area contributed by atoms with E-state index in [1.807, 2.05) is 13.8 Å². The summed E-state index contributed by atoms with van der Waals surface area (Å²) in [5.74, 6) is 0.657. The average molecular weight is 309 g/mol. The van der Waals surface area contributed by atoms with Gasteiger partial charge >= 0.3 is 5.97 Å². The van der Waals surface area contributed by atoms with Crippen molar-refractivity contribution in [3.05, 3.63) is 29.8 Å². The zero-order chi connectivity index (χ0) is 15.4. The number of benzene rings is 1. The largest absolute Gasteiger partial charge is 0.493 e. The van der Waals surface area contributed by atoms with E-state index in [0.29, 0.717) is 35.5 Å². The first-order chi connectivity index (χ1) is 9.99. The maximum absolute atomic E-state index is 12.4. The molecule has 114 valence electrons. The van der Waals surface area contributed by atoms with Crippen molar-refractivity contribution in [2.24, 2.45) is 5.92 Å². The van der Waals surface area contributed by atoms with Crippen LogP contribution in [0.15, 0.2) is 24.3 Å². The van der Waals surface area contributed by atoms with Crippen LogP contribution in [-0.4, -0.2) is 46.2 Å². The van der Waals surface area contributed by atoms with Crippen molar-refractivity contribution in [2.45, 2.75) is 19.9 Å². The molecule has 0 saturated carbocycles. The lowest BCUT2D eigenvalue weighted by atomic mass is 10.1. The highest BCUT2D eigenvalue weighted by Crippen LogP contribution is 2.24. The number of thioether (sulfide) groups is 1. The number of carbonyl (C=O) groups is 2. The van der Waals surface area contributed by atoms with Gasteiger partial charge in [0.15, 0.2) is 0 Å². The number of nitrogens with zero attached hydrogens (tertiary/aromatic N) is 1. The third-order valence-electron chi connectivity index (χ3n) is 3.09. The summed E-state index contributed by atoms with van der Waals surface area (Å²) in [7, 11) is 0. The van der Waals surface area contributed by atoms with Crippen LogP contribution in [0.25, 0.3) is 0 Å². The average Bonchev–Trinajstić information content (AvgIpc) is 2.94. The Kier molecular flexibility index (Phi) is 5.12. The van der Waals surface area contributed by atoms with Gasteiger partial charge in [-0.05, 0) is 24.1 Å². The quantitative estimate of drug-likeness (QED) is 0.904. The van der Waals surface area contributed by atoms with E-state index in [1.54, 1.807) is 24.3 Å². The van der Waals surface area contributed by atoms with E-state index in [-0.39, 0.29) is 5.91 Å². The zero-order valence-corrected chi connectivity index (χ0v) is 12.9. The number of rotatable bonds is 5. The molecule has 1 heterocycles. The first-order valence-corrected chi connectivity index (χ1v) is 7.99. The second kappa shape index (κ2) is 6.85. The van der Waals surface area contributed by atoms with Crippen molar-refractivity contribution in [2.75, 3.05) is 18.2 Å². The summed E-state index contributed by atoms with van der Waals surface area (Å²) in [6, 6.07) is 6.16. The minimum absolute atomic E-state index is 0.262. The fraction of sp³-hybridized carbons (Fsp3) is 0.467. The van der Waals surface area contributed by atoms with Crippen LogP contribution < -0.4 is 4.74 Å². The molecule has 1 aromatic rings. The van der Waals surface area contributed by atoms with Gasteiger partial charge in [0.05, 0.1) is 12.5 Å². The molecule has 0 spiro atoms. The van der Waals surface area contributed by atoms with E-state index in [4.69, 9.17) is 9.84 Å². The fourth-order valence-corrected chi connectivity index (χ4v) is 3.14. The van der Waals surface area contributed by atoms with Crippen molar-refractivity contribution >= 4 is 23.6 Å². The summed E-state index contributed by atoms with van der Waals surface area (Å²) in [5, 5.41) is 9.15. The Balaban J connectivity index is 2.12. The molecule has 5 nitrogen and oxygen atoms in total. The van der Waals surface area contributed by atoms with Crippen LogP contribution >= 0.6 is 11.8 Å². The third kappa shape index (κ3) is 3.91. The maximum Gasteiger partial charge on any atom is 0.327 e. The Morgan fingerprint density at radius 3 is 2.90 bits per heavy atom. The van der Waals surface area contributed by atoms with E-state index < -0.39 is 12.0 Å². The molecule has 1 atom stereocenters. The van der Waals surface area contributed by atoms with E-state index >= 15 is 0 Å². The van der Waals surface area contributed by atoms with Gasteiger partial charge in [0.25, 0.3) is 5.91 Å². The van der Waals surface area contributed by atoms with Crippen LogP contribution in [0, 0.1) is 5.92 Å². The summed E-state index contributed by atoms with van der Waals surface area (Å²) in [5.41, 5.74) is 0.463. The summed E-state index contributed by atoms with van der Waals surface area (Å²) in [4.78, 5) is 25.0. The summed E-state index contributed by atoms with van der Waals surface area (Å²) in [6.45, 7) is 4.68. The molecule has 1 aromatic carbocycles. The Morgan fingerprint density at radius 1 is 1.48 bits per heavy atom. The highest BCUT2D eigenvalue weighted by Gasteiger charge is 2.35. The molecule has 21 heavy (non-hydrogen) atoms. The number of ether oxygens (including phenoxy) is 1. The van der Waals surface area contributed by atoms with Crippen LogP contribution in [-0.2, 0) is 4.79 Å². The molecule has 2 rings (SSSR count). The second-order valence-corrected chi connectivity index (χ2v) is 6.36. The van der Waals surface area contributed by atoms with Crippen molar-refractivity contribution < 1.29 is 19.4 Å². The second-order valence-electron chi connectivity index (χ2n) is 5.36. The van der Waals surface area contributed by atoms with Gasteiger partial charge in [-0.25, -0.2) is 4.79 Å². The molecule has 1 fully saturated rings. The lowest BCUT2D eigenvalue weighted by molar-refractivity contribution is -0.140. The van der Waals surface area contributed by atoms with E-state index in [9.17, 15) is 9.59 Å². The number of carbonyl (C=O) groups excluding carboxylic acids is 1. The summed E-state index contributed by atoms with van der Waals surface area (Å²) in [6.07, 6.45) is 0. The number of amides is 1. The molecule has 1 amide bonds. The van der Waals surface area contributed by atoms with Crippen molar-refractivity contribution in [1.82, 2.24) is 4.90 Å². The molecule has 0 aromatic heterocycles. The van der Waals surface area contributed by atoms with Gasteiger partial charge in [0, 0.05) is 11.3 Å².